The predicted octanol–water partition coefficient (Wildman–Crippen LogP) is 2.80. The third-order valence-electron chi connectivity index (χ3n) is 2.14. The molecule has 17 heavy (non-hydrogen) atoms. The van der Waals surface area contributed by atoms with Crippen molar-refractivity contribution in [2.24, 2.45) is 5.73 Å². The van der Waals surface area contributed by atoms with Crippen LogP contribution in [0, 0.1) is 0 Å². The standard InChI is InChI=1S/C10H7Cl2N3OS/c11-5-2-1-4(3-6(5)12)8-7(13)9(10(14)16)17-15-8/h1-3H,13H2,(H2,14,16). The number of carbonyl (C=O) groups is 1. The number of nitrogens with zero attached hydrogens (tertiary/aromatic N) is 1. The molecule has 0 radical (unpaired) electrons. The SMILES string of the molecule is NC(=O)c1snc(-c2ccc(Cl)c(Cl)c2)c1N. The van der Waals surface area contributed by atoms with Crippen LogP contribution in [0.25, 0.3) is 11.3 Å². The van der Waals surface area contributed by atoms with Crippen LogP contribution in [0.2, 0.25) is 10.0 Å². The summed E-state index contributed by atoms with van der Waals surface area (Å²) in [6.45, 7) is 0. The monoisotopic (exact) mass is 287 g/mol. The summed E-state index contributed by atoms with van der Waals surface area (Å²) in [7, 11) is 0. The molecule has 0 fully saturated rings. The second-order valence-electron chi connectivity index (χ2n) is 3.27. The molecule has 1 aromatic heterocycles. The summed E-state index contributed by atoms with van der Waals surface area (Å²) in [5.41, 5.74) is 12.4. The van der Waals surface area contributed by atoms with E-state index in [1.165, 1.54) is 0 Å². The molecule has 1 heterocycles. The van der Waals surface area contributed by atoms with E-state index in [1.54, 1.807) is 18.2 Å². The van der Waals surface area contributed by atoms with Crippen molar-refractivity contribution in [1.82, 2.24) is 4.37 Å². The van der Waals surface area contributed by atoms with E-state index >= 15 is 0 Å². The van der Waals surface area contributed by atoms with Gasteiger partial charge in [-0.1, -0.05) is 29.3 Å². The van der Waals surface area contributed by atoms with Gasteiger partial charge in [0.1, 0.15) is 10.6 Å². The van der Waals surface area contributed by atoms with Gasteiger partial charge in [0.25, 0.3) is 5.91 Å². The highest BCUT2D eigenvalue weighted by atomic mass is 35.5. The number of carbonyl (C=O) groups excluding carboxylic acids is 1. The van der Waals surface area contributed by atoms with Crippen LogP contribution in [0.5, 0.6) is 0 Å². The van der Waals surface area contributed by atoms with E-state index in [4.69, 9.17) is 34.7 Å². The summed E-state index contributed by atoms with van der Waals surface area (Å²) in [5.74, 6) is -0.591. The van der Waals surface area contributed by atoms with Gasteiger partial charge in [0.2, 0.25) is 0 Å². The quantitative estimate of drug-likeness (QED) is 0.891. The molecule has 0 spiro atoms. The predicted molar refractivity (Wildman–Crippen MR) is 70.5 cm³/mol. The minimum Gasteiger partial charge on any atom is -0.396 e. The van der Waals surface area contributed by atoms with Crippen molar-refractivity contribution in [3.8, 4) is 11.3 Å². The van der Waals surface area contributed by atoms with Crippen LogP contribution in [-0.4, -0.2) is 10.3 Å². The largest absolute Gasteiger partial charge is 0.396 e. The van der Waals surface area contributed by atoms with E-state index in [2.05, 4.69) is 4.37 Å². The van der Waals surface area contributed by atoms with Crippen molar-refractivity contribution in [1.29, 1.82) is 0 Å². The van der Waals surface area contributed by atoms with Gasteiger partial charge in [-0.2, -0.15) is 4.37 Å². The van der Waals surface area contributed by atoms with Gasteiger partial charge in [0, 0.05) is 5.56 Å². The van der Waals surface area contributed by atoms with Crippen LogP contribution >= 0.6 is 34.7 Å². The van der Waals surface area contributed by atoms with Gasteiger partial charge in [0.05, 0.1) is 15.7 Å². The lowest BCUT2D eigenvalue weighted by Gasteiger charge is -2.01. The highest BCUT2D eigenvalue weighted by Crippen LogP contribution is 2.33. The topological polar surface area (TPSA) is 82.0 Å². The smallest absolute Gasteiger partial charge is 0.262 e. The first-order valence-corrected chi connectivity index (χ1v) is 6.04. The minimum atomic E-state index is -0.591. The molecule has 0 saturated carbocycles. The van der Waals surface area contributed by atoms with Crippen molar-refractivity contribution in [2.75, 3.05) is 5.73 Å². The number of amides is 1. The van der Waals surface area contributed by atoms with Crippen LogP contribution in [0.15, 0.2) is 18.2 Å². The van der Waals surface area contributed by atoms with Crippen molar-refractivity contribution < 1.29 is 4.79 Å². The molecule has 0 unspecified atom stereocenters. The Morgan fingerprint density at radius 1 is 1.29 bits per heavy atom. The molecule has 0 saturated heterocycles. The second kappa shape index (κ2) is 4.52. The Morgan fingerprint density at radius 2 is 2.00 bits per heavy atom. The number of nitrogens with two attached hydrogens (primary N) is 2. The fraction of sp³-hybridized carbons (Fsp3) is 0. The maximum atomic E-state index is 11.1. The molecular formula is C10H7Cl2N3OS. The molecule has 0 atom stereocenters. The molecule has 2 aromatic rings. The number of hydrogen-bond acceptors (Lipinski definition) is 4. The van der Waals surface area contributed by atoms with Crippen molar-refractivity contribution in [2.45, 2.75) is 0 Å². The molecule has 7 heteroatoms. The number of halogens is 2. The maximum absolute atomic E-state index is 11.1. The summed E-state index contributed by atoms with van der Waals surface area (Å²) >= 11 is 12.7. The molecule has 0 bridgehead atoms. The van der Waals surface area contributed by atoms with Gasteiger partial charge in [-0.15, -0.1) is 0 Å². The number of benzene rings is 1. The van der Waals surface area contributed by atoms with Gasteiger partial charge in [-0.05, 0) is 23.7 Å². The van der Waals surface area contributed by atoms with E-state index < -0.39 is 5.91 Å². The summed E-state index contributed by atoms with van der Waals surface area (Å²) in [5, 5.41) is 0.844. The average Bonchev–Trinajstić information content (AvgIpc) is 2.64. The molecule has 0 aliphatic heterocycles. The molecule has 4 N–H and O–H groups in total. The number of aromatic nitrogens is 1. The lowest BCUT2D eigenvalue weighted by Crippen LogP contribution is -2.10. The van der Waals surface area contributed by atoms with Crippen molar-refractivity contribution in [3.63, 3.8) is 0 Å². The van der Waals surface area contributed by atoms with Crippen LogP contribution in [0.1, 0.15) is 9.67 Å². The van der Waals surface area contributed by atoms with E-state index in [1.807, 2.05) is 0 Å². The highest BCUT2D eigenvalue weighted by molar-refractivity contribution is 7.09. The molecular weight excluding hydrogens is 281 g/mol. The normalized spacial score (nSPS) is 10.5. The van der Waals surface area contributed by atoms with Gasteiger partial charge in [-0.3, -0.25) is 4.79 Å². The minimum absolute atomic E-state index is 0.242. The lowest BCUT2D eigenvalue weighted by molar-refractivity contribution is 0.100. The molecule has 2 rings (SSSR count). The van der Waals surface area contributed by atoms with Gasteiger partial charge in [0.15, 0.2) is 0 Å². The molecule has 0 aliphatic rings. The Bertz CT molecular complexity index is 597. The first kappa shape index (κ1) is 12.2. The van der Waals surface area contributed by atoms with Gasteiger partial charge in [-0.25, -0.2) is 0 Å². The summed E-state index contributed by atoms with van der Waals surface area (Å²) < 4.78 is 4.09. The Morgan fingerprint density at radius 3 is 2.53 bits per heavy atom. The molecule has 88 valence electrons. The van der Waals surface area contributed by atoms with Gasteiger partial charge < -0.3 is 11.5 Å². The summed E-state index contributed by atoms with van der Waals surface area (Å²) in [4.78, 5) is 11.3. The molecule has 0 aliphatic carbocycles. The molecule has 4 nitrogen and oxygen atoms in total. The third-order valence-corrected chi connectivity index (χ3v) is 3.76. The fourth-order valence-electron chi connectivity index (χ4n) is 1.33. The van der Waals surface area contributed by atoms with Crippen LogP contribution in [0.4, 0.5) is 5.69 Å². The Hall–Kier alpha value is -1.30. The first-order chi connectivity index (χ1) is 8.00. The zero-order valence-corrected chi connectivity index (χ0v) is 10.7. The number of hydrogen-bond donors (Lipinski definition) is 2. The number of anilines is 1. The van der Waals surface area contributed by atoms with Crippen molar-refractivity contribution in [3.05, 3.63) is 33.1 Å². The van der Waals surface area contributed by atoms with Crippen LogP contribution in [-0.2, 0) is 0 Å². The van der Waals surface area contributed by atoms with E-state index in [0.717, 1.165) is 11.5 Å². The number of primary amides is 1. The molecule has 1 aromatic carbocycles. The Labute approximate surface area is 111 Å². The van der Waals surface area contributed by atoms with Crippen LogP contribution in [0.3, 0.4) is 0 Å². The van der Waals surface area contributed by atoms with E-state index in [9.17, 15) is 4.79 Å². The third kappa shape index (κ3) is 2.22. The Kier molecular flexibility index (Phi) is 3.24. The highest BCUT2D eigenvalue weighted by Gasteiger charge is 2.16. The van der Waals surface area contributed by atoms with E-state index in [0.29, 0.717) is 21.3 Å². The van der Waals surface area contributed by atoms with Crippen LogP contribution < -0.4 is 11.5 Å². The van der Waals surface area contributed by atoms with E-state index in [-0.39, 0.29) is 10.6 Å². The zero-order valence-electron chi connectivity index (χ0n) is 8.41. The summed E-state index contributed by atoms with van der Waals surface area (Å²) in [6, 6.07) is 5.01. The fourth-order valence-corrected chi connectivity index (χ4v) is 2.30. The van der Waals surface area contributed by atoms with Gasteiger partial charge >= 0.3 is 0 Å². The maximum Gasteiger partial charge on any atom is 0.262 e. The summed E-state index contributed by atoms with van der Waals surface area (Å²) in [6.07, 6.45) is 0. The zero-order chi connectivity index (χ0) is 12.6. The van der Waals surface area contributed by atoms with Crippen molar-refractivity contribution >= 4 is 46.3 Å². The average molecular weight is 288 g/mol. The lowest BCUT2D eigenvalue weighted by atomic mass is 10.1. The second-order valence-corrected chi connectivity index (χ2v) is 4.85. The number of nitrogen functional groups attached to an aromatic ring is 1. The molecule has 1 amide bonds. The Balaban J connectivity index is 2.53. The number of rotatable bonds is 2. The first-order valence-electron chi connectivity index (χ1n) is 4.51.